The van der Waals surface area contributed by atoms with Gasteiger partial charge in [-0.25, -0.2) is 0 Å². The van der Waals surface area contributed by atoms with Crippen LogP contribution in [-0.2, 0) is 0 Å². The summed E-state index contributed by atoms with van der Waals surface area (Å²) in [5, 5.41) is 9.03. The number of aliphatic hydroxyl groups is 1. The van der Waals surface area contributed by atoms with Crippen molar-refractivity contribution in [2.45, 2.75) is 20.8 Å². The first-order valence-corrected chi connectivity index (χ1v) is 7.08. The van der Waals surface area contributed by atoms with E-state index in [-0.39, 0.29) is 12.5 Å². The quantitative estimate of drug-likeness (QED) is 0.938. The average Bonchev–Trinajstić information content (AvgIpc) is 2.78. The molecule has 0 saturated heterocycles. The van der Waals surface area contributed by atoms with Crippen LogP contribution in [0.4, 0.5) is 0 Å². The minimum absolute atomic E-state index is 0.0367. The van der Waals surface area contributed by atoms with Crippen LogP contribution in [0.15, 0.2) is 30.3 Å². The Hall–Kier alpha value is -2.07. The van der Waals surface area contributed by atoms with Crippen molar-refractivity contribution in [3.8, 4) is 5.69 Å². The van der Waals surface area contributed by atoms with Crippen LogP contribution < -0.4 is 0 Å². The molecule has 0 saturated carbocycles. The van der Waals surface area contributed by atoms with Gasteiger partial charge in [0.05, 0.1) is 17.9 Å². The third-order valence-electron chi connectivity index (χ3n) is 3.68. The Kier molecular flexibility index (Phi) is 4.48. The molecule has 4 heteroatoms. The largest absolute Gasteiger partial charge is 0.395 e. The molecule has 0 atom stereocenters. The average molecular weight is 286 g/mol. The zero-order chi connectivity index (χ0) is 15.6. The lowest BCUT2D eigenvalue weighted by Gasteiger charge is -2.20. The molecule has 0 radical (unpaired) electrons. The second kappa shape index (κ2) is 6.14. The van der Waals surface area contributed by atoms with Crippen molar-refractivity contribution in [1.29, 1.82) is 0 Å². The van der Waals surface area contributed by atoms with Crippen molar-refractivity contribution in [3.63, 3.8) is 0 Å². The van der Waals surface area contributed by atoms with Crippen molar-refractivity contribution in [2.24, 2.45) is 0 Å². The van der Waals surface area contributed by atoms with E-state index in [0.29, 0.717) is 12.1 Å². The highest BCUT2D eigenvalue weighted by atomic mass is 16.3. The van der Waals surface area contributed by atoms with E-state index in [9.17, 15) is 4.79 Å². The first kappa shape index (κ1) is 15.3. The maximum absolute atomic E-state index is 12.6. The molecule has 0 spiro atoms. The summed E-state index contributed by atoms with van der Waals surface area (Å²) in [6.45, 7) is 6.32. The Labute approximate surface area is 125 Å². The van der Waals surface area contributed by atoms with Crippen LogP contribution in [0.5, 0.6) is 0 Å². The van der Waals surface area contributed by atoms with Gasteiger partial charge in [-0.1, -0.05) is 11.6 Å². The Bertz CT molecular complexity index is 639. The summed E-state index contributed by atoms with van der Waals surface area (Å²) in [5.41, 5.74) is 4.77. The summed E-state index contributed by atoms with van der Waals surface area (Å²) in [4.78, 5) is 14.2. The van der Waals surface area contributed by atoms with Crippen LogP contribution in [-0.4, -0.2) is 40.7 Å². The number of aliphatic hydroxyl groups excluding tert-OH is 1. The first-order chi connectivity index (χ1) is 9.95. The molecule has 1 aromatic heterocycles. The van der Waals surface area contributed by atoms with Crippen LogP contribution >= 0.6 is 0 Å². The molecule has 4 nitrogen and oxygen atoms in total. The van der Waals surface area contributed by atoms with Gasteiger partial charge >= 0.3 is 0 Å². The van der Waals surface area contributed by atoms with E-state index in [1.807, 2.05) is 51.1 Å². The van der Waals surface area contributed by atoms with Gasteiger partial charge in [0, 0.05) is 25.0 Å². The van der Waals surface area contributed by atoms with E-state index in [0.717, 1.165) is 22.6 Å². The minimum Gasteiger partial charge on any atom is -0.395 e. The maximum atomic E-state index is 12.6. The molecule has 0 unspecified atom stereocenters. The van der Waals surface area contributed by atoms with E-state index in [4.69, 9.17) is 5.11 Å². The summed E-state index contributed by atoms with van der Waals surface area (Å²) in [6.07, 6.45) is 0. The Morgan fingerprint density at radius 3 is 2.33 bits per heavy atom. The van der Waals surface area contributed by atoms with Gasteiger partial charge in [0.1, 0.15) is 0 Å². The number of hydrogen-bond donors (Lipinski definition) is 1. The second-order valence-corrected chi connectivity index (χ2v) is 5.42. The number of rotatable bonds is 4. The van der Waals surface area contributed by atoms with Gasteiger partial charge in [0.2, 0.25) is 0 Å². The molecule has 0 bridgehead atoms. The number of nitrogens with zero attached hydrogens (tertiary/aromatic N) is 2. The highest BCUT2D eigenvalue weighted by Gasteiger charge is 2.18. The summed E-state index contributed by atoms with van der Waals surface area (Å²) in [7, 11) is 1.71. The molecule has 21 heavy (non-hydrogen) atoms. The van der Waals surface area contributed by atoms with Crippen molar-refractivity contribution >= 4 is 5.91 Å². The molecule has 0 aliphatic rings. The Morgan fingerprint density at radius 1 is 1.14 bits per heavy atom. The number of carbonyl (C=O) groups excluding carboxylic acids is 1. The van der Waals surface area contributed by atoms with Gasteiger partial charge in [0.15, 0.2) is 0 Å². The van der Waals surface area contributed by atoms with Gasteiger partial charge in [-0.3, -0.25) is 4.79 Å². The van der Waals surface area contributed by atoms with Crippen LogP contribution in [0.25, 0.3) is 5.69 Å². The molecule has 1 heterocycles. The van der Waals surface area contributed by atoms with E-state index >= 15 is 0 Å². The van der Waals surface area contributed by atoms with Crippen LogP contribution in [0.3, 0.4) is 0 Å². The number of carbonyl (C=O) groups is 1. The van der Waals surface area contributed by atoms with E-state index in [2.05, 4.69) is 4.57 Å². The molecular weight excluding hydrogens is 264 g/mol. The molecule has 1 N–H and O–H groups in total. The fourth-order valence-corrected chi connectivity index (χ4v) is 2.52. The number of hydrogen-bond acceptors (Lipinski definition) is 2. The molecule has 0 aliphatic carbocycles. The minimum atomic E-state index is -0.0738. The molecular formula is C17H22N2O2. The van der Waals surface area contributed by atoms with Crippen molar-refractivity contribution < 1.29 is 9.90 Å². The standard InChI is InChI=1S/C17H22N2O2/c1-12-5-8-16(19-13(2)6-7-14(19)3)15(11-12)17(21)18(4)9-10-20/h5-8,11,20H,9-10H2,1-4H3. The zero-order valence-electron chi connectivity index (χ0n) is 13.1. The topological polar surface area (TPSA) is 45.5 Å². The van der Waals surface area contributed by atoms with Gasteiger partial charge in [0.25, 0.3) is 5.91 Å². The van der Waals surface area contributed by atoms with Crippen molar-refractivity contribution in [2.75, 3.05) is 20.2 Å². The fourth-order valence-electron chi connectivity index (χ4n) is 2.52. The number of aryl methyl sites for hydroxylation is 3. The van der Waals surface area contributed by atoms with Crippen molar-refractivity contribution in [1.82, 2.24) is 9.47 Å². The highest BCUT2D eigenvalue weighted by molar-refractivity contribution is 5.98. The third kappa shape index (κ3) is 3.00. The third-order valence-corrected chi connectivity index (χ3v) is 3.68. The van der Waals surface area contributed by atoms with Crippen molar-refractivity contribution in [3.05, 3.63) is 52.8 Å². The Balaban J connectivity index is 2.56. The highest BCUT2D eigenvalue weighted by Crippen LogP contribution is 2.22. The SMILES string of the molecule is Cc1ccc(-n2c(C)ccc2C)c(C(=O)N(C)CCO)c1. The van der Waals surface area contributed by atoms with Gasteiger partial charge in [-0.2, -0.15) is 0 Å². The van der Waals surface area contributed by atoms with Crippen LogP contribution in [0.2, 0.25) is 0 Å². The molecule has 2 aromatic rings. The van der Waals surface area contributed by atoms with Crippen LogP contribution in [0, 0.1) is 20.8 Å². The van der Waals surface area contributed by atoms with E-state index in [1.165, 1.54) is 0 Å². The van der Waals surface area contributed by atoms with Gasteiger partial charge in [-0.05, 0) is 45.0 Å². The lowest BCUT2D eigenvalue weighted by Crippen LogP contribution is -2.30. The smallest absolute Gasteiger partial charge is 0.255 e. The van der Waals surface area contributed by atoms with Gasteiger partial charge < -0.3 is 14.6 Å². The zero-order valence-corrected chi connectivity index (χ0v) is 13.1. The molecule has 112 valence electrons. The molecule has 1 amide bonds. The number of benzene rings is 1. The summed E-state index contributed by atoms with van der Waals surface area (Å²) in [6, 6.07) is 9.98. The maximum Gasteiger partial charge on any atom is 0.255 e. The summed E-state index contributed by atoms with van der Waals surface area (Å²) in [5.74, 6) is -0.0738. The number of amides is 1. The first-order valence-electron chi connectivity index (χ1n) is 7.08. The monoisotopic (exact) mass is 286 g/mol. The molecule has 1 aromatic carbocycles. The lowest BCUT2D eigenvalue weighted by atomic mass is 10.1. The second-order valence-electron chi connectivity index (χ2n) is 5.42. The summed E-state index contributed by atoms with van der Waals surface area (Å²) >= 11 is 0. The normalized spacial score (nSPS) is 10.7. The predicted octanol–water partition coefficient (Wildman–Crippen LogP) is 2.47. The number of aromatic nitrogens is 1. The number of likely N-dealkylation sites (N-methyl/N-ethyl adjacent to an activating group) is 1. The molecule has 0 aliphatic heterocycles. The molecule has 2 rings (SSSR count). The van der Waals surface area contributed by atoms with Crippen LogP contribution in [0.1, 0.15) is 27.3 Å². The van der Waals surface area contributed by atoms with Gasteiger partial charge in [-0.15, -0.1) is 0 Å². The van der Waals surface area contributed by atoms with E-state index < -0.39 is 0 Å². The predicted molar refractivity (Wildman–Crippen MR) is 84.0 cm³/mol. The fraction of sp³-hybridized carbons (Fsp3) is 0.353. The lowest BCUT2D eigenvalue weighted by molar-refractivity contribution is 0.0767. The summed E-state index contributed by atoms with van der Waals surface area (Å²) < 4.78 is 2.08. The van der Waals surface area contributed by atoms with E-state index in [1.54, 1.807) is 11.9 Å². The Morgan fingerprint density at radius 2 is 1.76 bits per heavy atom. The molecule has 0 fully saturated rings.